The second kappa shape index (κ2) is 5.42. The van der Waals surface area contributed by atoms with Crippen molar-refractivity contribution in [3.8, 4) is 0 Å². The average Bonchev–Trinajstić information content (AvgIpc) is 2.80. The minimum atomic E-state index is 0.109. The molecule has 0 aliphatic rings. The first kappa shape index (κ1) is 12.3. The Kier molecular flexibility index (Phi) is 3.91. The molecule has 0 aliphatic heterocycles. The topological polar surface area (TPSA) is 51.0 Å². The van der Waals surface area contributed by atoms with E-state index in [0.29, 0.717) is 18.1 Å². The van der Waals surface area contributed by atoms with Gasteiger partial charge in [-0.05, 0) is 31.7 Å². The average molecular weight is 296 g/mol. The predicted octanol–water partition coefficient (Wildman–Crippen LogP) is 2.70. The van der Waals surface area contributed by atoms with Crippen molar-refractivity contribution in [2.24, 2.45) is 0 Å². The number of halogens is 1. The fraction of sp³-hybridized carbons (Fsp3) is 0.333. The highest BCUT2D eigenvalue weighted by Crippen LogP contribution is 2.14. The van der Waals surface area contributed by atoms with Crippen LogP contribution in [0.2, 0.25) is 0 Å². The van der Waals surface area contributed by atoms with Crippen LogP contribution in [0, 0.1) is 0 Å². The van der Waals surface area contributed by atoms with Crippen LogP contribution in [0.15, 0.2) is 33.3 Å². The zero-order valence-corrected chi connectivity index (χ0v) is 11.4. The summed E-state index contributed by atoms with van der Waals surface area (Å²) in [4.78, 5) is 4.35. The van der Waals surface area contributed by atoms with E-state index in [-0.39, 0.29) is 6.04 Å². The SMILES string of the molecule is CNC(C)c1noc(Cc2ccc(Br)cc2)n1. The molecule has 1 N–H and O–H groups in total. The van der Waals surface area contributed by atoms with E-state index in [2.05, 4.69) is 31.4 Å². The maximum Gasteiger partial charge on any atom is 0.231 e. The number of hydrogen-bond acceptors (Lipinski definition) is 4. The largest absolute Gasteiger partial charge is 0.339 e. The van der Waals surface area contributed by atoms with Gasteiger partial charge in [-0.2, -0.15) is 4.98 Å². The van der Waals surface area contributed by atoms with Crippen LogP contribution in [0.4, 0.5) is 0 Å². The summed E-state index contributed by atoms with van der Waals surface area (Å²) in [5, 5.41) is 7.02. The number of rotatable bonds is 4. The summed E-state index contributed by atoms with van der Waals surface area (Å²) in [7, 11) is 1.87. The molecule has 0 fully saturated rings. The molecule has 0 radical (unpaired) electrons. The van der Waals surface area contributed by atoms with Gasteiger partial charge in [0.25, 0.3) is 0 Å². The first-order valence-electron chi connectivity index (χ1n) is 5.43. The fourth-order valence-corrected chi connectivity index (χ4v) is 1.69. The zero-order chi connectivity index (χ0) is 12.3. The van der Waals surface area contributed by atoms with Gasteiger partial charge < -0.3 is 9.84 Å². The van der Waals surface area contributed by atoms with Gasteiger partial charge in [-0.25, -0.2) is 0 Å². The fourth-order valence-electron chi connectivity index (χ4n) is 1.42. The lowest BCUT2D eigenvalue weighted by atomic mass is 10.1. The zero-order valence-electron chi connectivity index (χ0n) is 9.77. The molecule has 1 aromatic carbocycles. The van der Waals surface area contributed by atoms with E-state index in [0.717, 1.165) is 10.0 Å². The van der Waals surface area contributed by atoms with E-state index in [1.165, 1.54) is 0 Å². The Bertz CT molecular complexity index is 481. The van der Waals surface area contributed by atoms with E-state index in [1.807, 2.05) is 38.2 Å². The third kappa shape index (κ3) is 3.14. The van der Waals surface area contributed by atoms with Crippen LogP contribution < -0.4 is 5.32 Å². The third-order valence-corrected chi connectivity index (χ3v) is 3.10. The molecule has 90 valence electrons. The van der Waals surface area contributed by atoms with E-state index in [1.54, 1.807) is 0 Å². The number of nitrogens with zero attached hydrogens (tertiary/aromatic N) is 2. The summed E-state index contributed by atoms with van der Waals surface area (Å²) in [5.74, 6) is 1.34. The first-order chi connectivity index (χ1) is 8.19. The summed E-state index contributed by atoms with van der Waals surface area (Å²) in [6, 6.07) is 8.19. The van der Waals surface area contributed by atoms with Crippen LogP contribution in [0.5, 0.6) is 0 Å². The molecule has 5 heteroatoms. The van der Waals surface area contributed by atoms with Crippen molar-refractivity contribution in [3.63, 3.8) is 0 Å². The number of aromatic nitrogens is 2. The van der Waals surface area contributed by atoms with Crippen molar-refractivity contribution in [3.05, 3.63) is 46.0 Å². The van der Waals surface area contributed by atoms with Gasteiger partial charge in [0.05, 0.1) is 12.5 Å². The minimum absolute atomic E-state index is 0.109. The van der Waals surface area contributed by atoms with Crippen LogP contribution in [-0.2, 0) is 6.42 Å². The Morgan fingerprint density at radius 3 is 2.71 bits per heavy atom. The summed E-state index contributed by atoms with van der Waals surface area (Å²) in [6.45, 7) is 1.99. The maximum atomic E-state index is 5.21. The number of hydrogen-bond donors (Lipinski definition) is 1. The summed E-state index contributed by atoms with van der Waals surface area (Å²) < 4.78 is 6.27. The van der Waals surface area contributed by atoms with E-state index in [4.69, 9.17) is 4.52 Å². The predicted molar refractivity (Wildman–Crippen MR) is 68.7 cm³/mol. The standard InChI is InChI=1S/C12H14BrN3O/c1-8(14-2)12-15-11(17-16-12)7-9-3-5-10(13)6-4-9/h3-6,8,14H,7H2,1-2H3. The van der Waals surface area contributed by atoms with Crippen LogP contribution in [0.25, 0.3) is 0 Å². The Morgan fingerprint density at radius 1 is 1.35 bits per heavy atom. The molecule has 2 rings (SSSR count). The van der Waals surface area contributed by atoms with Crippen molar-refractivity contribution in [2.75, 3.05) is 7.05 Å². The van der Waals surface area contributed by atoms with Crippen LogP contribution in [-0.4, -0.2) is 17.2 Å². The molecule has 4 nitrogen and oxygen atoms in total. The van der Waals surface area contributed by atoms with Crippen LogP contribution >= 0.6 is 15.9 Å². The molecule has 1 unspecified atom stereocenters. The van der Waals surface area contributed by atoms with Crippen molar-refractivity contribution >= 4 is 15.9 Å². The van der Waals surface area contributed by atoms with Gasteiger partial charge in [-0.15, -0.1) is 0 Å². The van der Waals surface area contributed by atoms with Gasteiger partial charge in [-0.3, -0.25) is 0 Å². The second-order valence-electron chi connectivity index (χ2n) is 3.86. The van der Waals surface area contributed by atoms with Crippen molar-refractivity contribution in [1.82, 2.24) is 15.5 Å². The summed E-state index contributed by atoms with van der Waals surface area (Å²) in [5.41, 5.74) is 1.15. The Hall–Kier alpha value is -1.20. The molecule has 1 heterocycles. The molecule has 1 atom stereocenters. The van der Waals surface area contributed by atoms with Gasteiger partial charge in [-0.1, -0.05) is 33.2 Å². The smallest absolute Gasteiger partial charge is 0.231 e. The van der Waals surface area contributed by atoms with Gasteiger partial charge in [0.1, 0.15) is 0 Å². The monoisotopic (exact) mass is 295 g/mol. The Labute approximate surface area is 109 Å². The molecular weight excluding hydrogens is 282 g/mol. The molecule has 0 spiro atoms. The van der Waals surface area contributed by atoms with E-state index >= 15 is 0 Å². The number of nitrogens with one attached hydrogen (secondary N) is 1. The molecular formula is C12H14BrN3O. The second-order valence-corrected chi connectivity index (χ2v) is 4.78. The Morgan fingerprint density at radius 2 is 2.06 bits per heavy atom. The maximum absolute atomic E-state index is 5.21. The van der Waals surface area contributed by atoms with Crippen LogP contribution in [0.1, 0.15) is 30.2 Å². The lowest BCUT2D eigenvalue weighted by Gasteiger charge is -2.01. The van der Waals surface area contributed by atoms with Crippen molar-refractivity contribution < 1.29 is 4.52 Å². The molecule has 0 aliphatic carbocycles. The summed E-state index contributed by atoms with van der Waals surface area (Å²) >= 11 is 3.40. The minimum Gasteiger partial charge on any atom is -0.339 e. The van der Waals surface area contributed by atoms with Gasteiger partial charge in [0.15, 0.2) is 5.82 Å². The number of benzene rings is 1. The molecule has 0 saturated carbocycles. The van der Waals surface area contributed by atoms with Crippen molar-refractivity contribution in [1.29, 1.82) is 0 Å². The highest BCUT2D eigenvalue weighted by atomic mass is 79.9. The first-order valence-corrected chi connectivity index (χ1v) is 6.22. The van der Waals surface area contributed by atoms with E-state index in [9.17, 15) is 0 Å². The molecule has 0 amide bonds. The van der Waals surface area contributed by atoms with Gasteiger partial charge >= 0.3 is 0 Å². The molecule has 17 heavy (non-hydrogen) atoms. The normalized spacial score (nSPS) is 12.6. The molecule has 0 saturated heterocycles. The lowest BCUT2D eigenvalue weighted by Crippen LogP contribution is -2.13. The van der Waals surface area contributed by atoms with Gasteiger partial charge in [0.2, 0.25) is 5.89 Å². The third-order valence-electron chi connectivity index (χ3n) is 2.57. The molecule has 2 aromatic rings. The van der Waals surface area contributed by atoms with Crippen LogP contribution in [0.3, 0.4) is 0 Å². The highest BCUT2D eigenvalue weighted by molar-refractivity contribution is 9.10. The highest BCUT2D eigenvalue weighted by Gasteiger charge is 2.11. The van der Waals surface area contributed by atoms with Gasteiger partial charge in [0, 0.05) is 4.47 Å². The molecule has 1 aromatic heterocycles. The van der Waals surface area contributed by atoms with Crippen molar-refractivity contribution in [2.45, 2.75) is 19.4 Å². The Balaban J connectivity index is 2.08. The summed E-state index contributed by atoms with van der Waals surface area (Å²) in [6.07, 6.45) is 0.663. The molecule has 0 bridgehead atoms. The van der Waals surface area contributed by atoms with E-state index < -0.39 is 0 Å². The lowest BCUT2D eigenvalue weighted by molar-refractivity contribution is 0.374. The quantitative estimate of drug-likeness (QED) is 0.942.